The number of hydrogen-bond acceptors (Lipinski definition) is 4. The lowest BCUT2D eigenvalue weighted by Gasteiger charge is -2.11. The third kappa shape index (κ3) is 7.52. The Balaban J connectivity index is 0.00000312. The third-order valence-electron chi connectivity index (χ3n) is 3.33. The van der Waals surface area contributed by atoms with Gasteiger partial charge < -0.3 is 20.5 Å². The van der Waals surface area contributed by atoms with Crippen molar-refractivity contribution in [2.45, 2.75) is 26.8 Å². The summed E-state index contributed by atoms with van der Waals surface area (Å²) >= 11 is 1.77. The van der Waals surface area contributed by atoms with Gasteiger partial charge in [-0.25, -0.2) is 4.99 Å². The highest BCUT2D eigenvalue weighted by molar-refractivity contribution is 14.0. The van der Waals surface area contributed by atoms with E-state index in [4.69, 9.17) is 4.74 Å². The molecule has 7 heteroatoms. The van der Waals surface area contributed by atoms with Gasteiger partial charge in [-0.15, -0.1) is 35.3 Å². The molecule has 1 aromatic heterocycles. The monoisotopic (exact) mass is 475 g/mol. The molecule has 0 aliphatic rings. The van der Waals surface area contributed by atoms with Gasteiger partial charge in [0.05, 0.1) is 13.2 Å². The molecule has 0 radical (unpaired) electrons. The summed E-state index contributed by atoms with van der Waals surface area (Å²) in [4.78, 5) is 5.95. The van der Waals surface area contributed by atoms with Crippen LogP contribution in [0, 0.1) is 0 Å². The van der Waals surface area contributed by atoms with Gasteiger partial charge in [0.15, 0.2) is 17.5 Å². The highest BCUT2D eigenvalue weighted by atomic mass is 127. The first-order valence-electron chi connectivity index (χ1n) is 8.22. The van der Waals surface area contributed by atoms with Crippen LogP contribution in [0.4, 0.5) is 0 Å². The first-order valence-corrected chi connectivity index (χ1v) is 9.10. The van der Waals surface area contributed by atoms with Gasteiger partial charge in [0.25, 0.3) is 0 Å². The van der Waals surface area contributed by atoms with E-state index in [0.29, 0.717) is 18.9 Å². The Labute approximate surface area is 170 Å². The number of guanidine groups is 1. The summed E-state index contributed by atoms with van der Waals surface area (Å²) in [5.74, 6) is 1.45. The van der Waals surface area contributed by atoms with Crippen molar-refractivity contribution in [1.29, 1.82) is 0 Å². The smallest absolute Gasteiger partial charge is 0.191 e. The minimum atomic E-state index is 0. The van der Waals surface area contributed by atoms with E-state index in [-0.39, 0.29) is 29.7 Å². The summed E-state index contributed by atoms with van der Waals surface area (Å²) in [7, 11) is 0. The zero-order valence-corrected chi connectivity index (χ0v) is 17.8. The summed E-state index contributed by atoms with van der Waals surface area (Å²) in [6, 6.07) is 9.54. The molecule has 1 aromatic carbocycles. The van der Waals surface area contributed by atoms with Crippen LogP contribution < -0.4 is 15.4 Å². The molecule has 0 aliphatic carbocycles. The van der Waals surface area contributed by atoms with E-state index in [1.165, 1.54) is 4.88 Å². The maximum Gasteiger partial charge on any atom is 0.191 e. The number of ether oxygens (including phenoxy) is 1. The Kier molecular flexibility index (Phi) is 10.3. The maximum atomic E-state index is 9.75. The van der Waals surface area contributed by atoms with Gasteiger partial charge in [-0.1, -0.05) is 12.1 Å². The Morgan fingerprint density at radius 3 is 2.76 bits per heavy atom. The van der Waals surface area contributed by atoms with Gasteiger partial charge >= 0.3 is 0 Å². The molecule has 0 bridgehead atoms. The van der Waals surface area contributed by atoms with Crippen LogP contribution in [0.1, 0.15) is 24.3 Å². The number of thiophene rings is 1. The number of aliphatic imine (C=N–C) groups is 1. The van der Waals surface area contributed by atoms with Crippen molar-refractivity contribution in [2.24, 2.45) is 4.99 Å². The summed E-state index contributed by atoms with van der Waals surface area (Å²) in [6.45, 7) is 6.63. The molecule has 0 unspecified atom stereocenters. The SMILES string of the molecule is CCNC(=NCc1ccc(O)c(OCC)c1)NCCc1cccs1.I. The van der Waals surface area contributed by atoms with Gasteiger partial charge in [0.2, 0.25) is 0 Å². The van der Waals surface area contributed by atoms with Crippen molar-refractivity contribution in [3.05, 3.63) is 46.2 Å². The molecule has 0 saturated heterocycles. The van der Waals surface area contributed by atoms with E-state index in [9.17, 15) is 5.11 Å². The van der Waals surface area contributed by atoms with Crippen molar-refractivity contribution >= 4 is 41.3 Å². The molecule has 25 heavy (non-hydrogen) atoms. The zero-order chi connectivity index (χ0) is 17.2. The number of phenols is 1. The van der Waals surface area contributed by atoms with Crippen LogP contribution in [-0.4, -0.2) is 30.8 Å². The topological polar surface area (TPSA) is 65.9 Å². The Bertz CT molecular complexity index is 648. The molecule has 2 aromatic rings. The number of phenolic OH excluding ortho intramolecular Hbond substituents is 1. The largest absolute Gasteiger partial charge is 0.504 e. The second-order valence-electron chi connectivity index (χ2n) is 5.19. The van der Waals surface area contributed by atoms with Crippen molar-refractivity contribution in [2.75, 3.05) is 19.7 Å². The van der Waals surface area contributed by atoms with Gasteiger partial charge in [-0.3, -0.25) is 0 Å². The number of rotatable bonds is 8. The quantitative estimate of drug-likeness (QED) is 0.309. The Morgan fingerprint density at radius 2 is 2.08 bits per heavy atom. The molecule has 0 aliphatic heterocycles. The lowest BCUT2D eigenvalue weighted by molar-refractivity contribution is 0.318. The number of nitrogens with zero attached hydrogens (tertiary/aromatic N) is 1. The maximum absolute atomic E-state index is 9.75. The summed E-state index contributed by atoms with van der Waals surface area (Å²) in [5, 5.41) is 18.4. The van der Waals surface area contributed by atoms with Gasteiger partial charge in [0, 0.05) is 18.0 Å². The lowest BCUT2D eigenvalue weighted by atomic mass is 10.2. The fraction of sp³-hybridized carbons (Fsp3) is 0.389. The molecule has 5 nitrogen and oxygen atoms in total. The van der Waals surface area contributed by atoms with Crippen molar-refractivity contribution in [1.82, 2.24) is 10.6 Å². The van der Waals surface area contributed by atoms with Crippen molar-refractivity contribution in [3.63, 3.8) is 0 Å². The van der Waals surface area contributed by atoms with Gasteiger partial charge in [0.1, 0.15) is 0 Å². The second-order valence-corrected chi connectivity index (χ2v) is 6.22. The molecule has 2 rings (SSSR count). The van der Waals surface area contributed by atoms with E-state index >= 15 is 0 Å². The predicted octanol–water partition coefficient (Wildman–Crippen LogP) is 3.77. The van der Waals surface area contributed by atoms with Crippen molar-refractivity contribution < 1.29 is 9.84 Å². The molecule has 138 valence electrons. The molecule has 3 N–H and O–H groups in total. The highest BCUT2D eigenvalue weighted by Crippen LogP contribution is 2.27. The fourth-order valence-electron chi connectivity index (χ4n) is 2.20. The fourth-order valence-corrected chi connectivity index (χ4v) is 2.91. The minimum Gasteiger partial charge on any atom is -0.504 e. The predicted molar refractivity (Wildman–Crippen MR) is 116 cm³/mol. The molecule has 0 atom stereocenters. The number of benzene rings is 1. The van der Waals surface area contributed by atoms with Crippen molar-refractivity contribution in [3.8, 4) is 11.5 Å². The standard InChI is InChI=1S/C18H25N3O2S.HI/c1-3-19-18(20-10-9-15-6-5-11-24-15)21-13-14-7-8-16(22)17(12-14)23-4-2;/h5-8,11-12,22H,3-4,9-10,13H2,1-2H3,(H2,19,20,21);1H. The third-order valence-corrected chi connectivity index (χ3v) is 4.27. The number of hydrogen-bond donors (Lipinski definition) is 3. The second kappa shape index (κ2) is 12.0. The average Bonchev–Trinajstić information content (AvgIpc) is 3.09. The molecule has 0 amide bonds. The minimum absolute atomic E-state index is 0. The lowest BCUT2D eigenvalue weighted by Crippen LogP contribution is -2.38. The Hall–Kier alpha value is -1.48. The summed E-state index contributed by atoms with van der Waals surface area (Å²) in [6.07, 6.45) is 0.982. The molecular formula is C18H26IN3O2S. The molecule has 0 saturated carbocycles. The number of nitrogens with one attached hydrogen (secondary N) is 2. The van der Waals surface area contributed by atoms with Crippen LogP contribution in [0.5, 0.6) is 11.5 Å². The van der Waals surface area contributed by atoms with E-state index in [0.717, 1.165) is 31.0 Å². The van der Waals surface area contributed by atoms with Gasteiger partial charge in [-0.2, -0.15) is 0 Å². The summed E-state index contributed by atoms with van der Waals surface area (Å²) in [5.41, 5.74) is 0.992. The first-order chi connectivity index (χ1) is 11.7. The average molecular weight is 475 g/mol. The van der Waals surface area contributed by atoms with E-state index < -0.39 is 0 Å². The number of aromatic hydroxyl groups is 1. The molecular weight excluding hydrogens is 449 g/mol. The summed E-state index contributed by atoms with van der Waals surface area (Å²) < 4.78 is 5.41. The first kappa shape index (κ1) is 21.6. The molecule has 0 fully saturated rings. The van der Waals surface area contributed by atoms with Crippen LogP contribution in [0.2, 0.25) is 0 Å². The normalized spacial score (nSPS) is 10.9. The Morgan fingerprint density at radius 1 is 1.24 bits per heavy atom. The van der Waals surface area contributed by atoms with Crippen LogP contribution in [0.3, 0.4) is 0 Å². The van der Waals surface area contributed by atoms with Crippen LogP contribution in [0.15, 0.2) is 40.7 Å². The van der Waals surface area contributed by atoms with E-state index in [2.05, 4.69) is 33.1 Å². The van der Waals surface area contributed by atoms with Crippen LogP contribution >= 0.6 is 35.3 Å². The molecule has 1 heterocycles. The van der Waals surface area contributed by atoms with E-state index in [1.807, 2.05) is 26.0 Å². The number of halogens is 1. The van der Waals surface area contributed by atoms with Crippen LogP contribution in [-0.2, 0) is 13.0 Å². The molecule has 0 spiro atoms. The van der Waals surface area contributed by atoms with E-state index in [1.54, 1.807) is 17.4 Å². The highest BCUT2D eigenvalue weighted by Gasteiger charge is 2.04. The van der Waals surface area contributed by atoms with Gasteiger partial charge in [-0.05, 0) is 49.4 Å². The zero-order valence-electron chi connectivity index (χ0n) is 14.6. The van der Waals surface area contributed by atoms with Crippen LogP contribution in [0.25, 0.3) is 0 Å².